The van der Waals surface area contributed by atoms with Crippen LogP contribution in [0.25, 0.3) is 10.8 Å². The lowest BCUT2D eigenvalue weighted by atomic mass is 9.87. The SMILES string of the molecule is CC(=O)Oc1c2c(c(OC(C)=O)c3ccccc13)[C@@H]1C[C@H]2C2OC21. The summed E-state index contributed by atoms with van der Waals surface area (Å²) in [5, 5.41) is 1.60. The maximum absolute atomic E-state index is 11.7. The fourth-order valence-electron chi connectivity index (χ4n) is 4.55. The highest BCUT2D eigenvalue weighted by Crippen LogP contribution is 2.67. The summed E-state index contributed by atoms with van der Waals surface area (Å²) in [6.45, 7) is 2.82. The van der Waals surface area contributed by atoms with Crippen LogP contribution >= 0.6 is 0 Å². The molecule has 1 heterocycles. The van der Waals surface area contributed by atoms with Gasteiger partial charge in [-0.05, 0) is 6.42 Å². The van der Waals surface area contributed by atoms with Crippen molar-refractivity contribution in [3.05, 3.63) is 35.4 Å². The maximum atomic E-state index is 11.7. The smallest absolute Gasteiger partial charge is 0.308 e. The highest BCUT2D eigenvalue weighted by Gasteiger charge is 2.64. The molecule has 5 rings (SSSR count). The molecule has 24 heavy (non-hydrogen) atoms. The lowest BCUT2D eigenvalue weighted by Gasteiger charge is -2.22. The summed E-state index contributed by atoms with van der Waals surface area (Å²) in [4.78, 5) is 23.4. The number of carbonyl (C=O) groups excluding carboxylic acids is 2. The number of hydrogen-bond acceptors (Lipinski definition) is 5. The molecular formula is C19H16O5. The van der Waals surface area contributed by atoms with E-state index in [1.54, 1.807) is 0 Å². The Labute approximate surface area is 138 Å². The zero-order valence-electron chi connectivity index (χ0n) is 13.4. The number of ether oxygens (including phenoxy) is 3. The van der Waals surface area contributed by atoms with E-state index in [1.165, 1.54) is 13.8 Å². The Kier molecular flexibility index (Phi) is 2.66. The molecule has 2 unspecified atom stereocenters. The van der Waals surface area contributed by atoms with Gasteiger partial charge < -0.3 is 14.2 Å². The molecule has 122 valence electrons. The van der Waals surface area contributed by atoms with E-state index >= 15 is 0 Å². The van der Waals surface area contributed by atoms with Gasteiger partial charge in [0.25, 0.3) is 0 Å². The van der Waals surface area contributed by atoms with Crippen molar-refractivity contribution in [1.29, 1.82) is 0 Å². The van der Waals surface area contributed by atoms with Crippen LogP contribution in [0.4, 0.5) is 0 Å². The van der Waals surface area contributed by atoms with Gasteiger partial charge in [-0.1, -0.05) is 24.3 Å². The van der Waals surface area contributed by atoms with E-state index in [-0.39, 0.29) is 36.0 Å². The Morgan fingerprint density at radius 2 is 1.38 bits per heavy atom. The second kappa shape index (κ2) is 4.57. The van der Waals surface area contributed by atoms with Crippen molar-refractivity contribution in [3.63, 3.8) is 0 Å². The van der Waals surface area contributed by atoms with Crippen molar-refractivity contribution in [2.24, 2.45) is 0 Å². The molecular weight excluding hydrogens is 308 g/mol. The Hall–Kier alpha value is -2.40. The number of benzene rings is 2. The van der Waals surface area contributed by atoms with E-state index in [4.69, 9.17) is 14.2 Å². The summed E-state index contributed by atoms with van der Waals surface area (Å²) < 4.78 is 17.0. The zero-order valence-corrected chi connectivity index (χ0v) is 13.4. The van der Waals surface area contributed by atoms with E-state index in [9.17, 15) is 9.59 Å². The number of hydrogen-bond donors (Lipinski definition) is 0. The molecule has 0 N–H and O–H groups in total. The average molecular weight is 324 g/mol. The first kappa shape index (κ1) is 14.0. The average Bonchev–Trinajstić information content (AvgIpc) is 3.15. The Morgan fingerprint density at radius 3 is 1.79 bits per heavy atom. The van der Waals surface area contributed by atoms with Gasteiger partial charge >= 0.3 is 11.9 Å². The van der Waals surface area contributed by atoms with Crippen LogP contribution in [-0.4, -0.2) is 24.1 Å². The monoisotopic (exact) mass is 324 g/mol. The zero-order chi connectivity index (χ0) is 16.6. The van der Waals surface area contributed by atoms with Crippen LogP contribution in [0, 0.1) is 0 Å². The molecule has 2 aliphatic carbocycles. The predicted molar refractivity (Wildman–Crippen MR) is 85.3 cm³/mol. The van der Waals surface area contributed by atoms with Gasteiger partial charge in [0.05, 0.1) is 12.2 Å². The minimum Gasteiger partial charge on any atom is -0.426 e. The molecule has 5 heteroatoms. The van der Waals surface area contributed by atoms with Crippen molar-refractivity contribution >= 4 is 22.7 Å². The first-order chi connectivity index (χ1) is 11.6. The summed E-state index contributed by atoms with van der Waals surface area (Å²) in [5.41, 5.74) is 1.98. The maximum Gasteiger partial charge on any atom is 0.308 e. The van der Waals surface area contributed by atoms with Crippen molar-refractivity contribution in [1.82, 2.24) is 0 Å². The summed E-state index contributed by atoms with van der Waals surface area (Å²) in [7, 11) is 0. The quantitative estimate of drug-likeness (QED) is 0.482. The molecule has 1 saturated heterocycles. The predicted octanol–water partition coefficient (Wildman–Crippen LogP) is 3.04. The van der Waals surface area contributed by atoms with Crippen molar-refractivity contribution in [3.8, 4) is 11.5 Å². The second-order valence-electron chi connectivity index (χ2n) is 6.73. The first-order valence-corrected chi connectivity index (χ1v) is 8.17. The van der Waals surface area contributed by atoms with Crippen molar-refractivity contribution < 1.29 is 23.8 Å². The molecule has 0 radical (unpaired) electrons. The molecule has 0 spiro atoms. The summed E-state index contributed by atoms with van der Waals surface area (Å²) in [6.07, 6.45) is 1.38. The minimum atomic E-state index is -0.348. The van der Waals surface area contributed by atoms with Crippen LogP contribution in [0.15, 0.2) is 24.3 Å². The topological polar surface area (TPSA) is 65.1 Å². The van der Waals surface area contributed by atoms with Crippen LogP contribution in [0.3, 0.4) is 0 Å². The number of fused-ring (bicyclic) bond motifs is 9. The third kappa shape index (κ3) is 1.73. The fraction of sp³-hybridized carbons (Fsp3) is 0.368. The van der Waals surface area contributed by atoms with Crippen LogP contribution < -0.4 is 9.47 Å². The van der Waals surface area contributed by atoms with E-state index < -0.39 is 0 Å². The van der Waals surface area contributed by atoms with Gasteiger partial charge in [0.15, 0.2) is 0 Å². The van der Waals surface area contributed by atoms with Gasteiger partial charge in [0.2, 0.25) is 0 Å². The van der Waals surface area contributed by atoms with Crippen LogP contribution in [0.1, 0.15) is 43.2 Å². The molecule has 3 aliphatic rings. The molecule has 4 atom stereocenters. The van der Waals surface area contributed by atoms with E-state index in [2.05, 4.69) is 0 Å². The number of rotatable bonds is 2. The number of esters is 2. The van der Waals surface area contributed by atoms with Gasteiger partial charge in [0.1, 0.15) is 11.5 Å². The molecule has 1 saturated carbocycles. The highest BCUT2D eigenvalue weighted by atomic mass is 16.6. The van der Waals surface area contributed by atoms with Gasteiger partial charge in [-0.15, -0.1) is 0 Å². The molecule has 2 aromatic carbocycles. The van der Waals surface area contributed by atoms with E-state index in [1.807, 2.05) is 24.3 Å². The summed E-state index contributed by atoms with van der Waals surface area (Å²) >= 11 is 0. The van der Waals surface area contributed by atoms with Crippen LogP contribution in [-0.2, 0) is 14.3 Å². The van der Waals surface area contributed by atoms with Crippen molar-refractivity contribution in [2.45, 2.75) is 44.3 Å². The standard InChI is InChI=1S/C19H16O5/c1-8(20)22-16-10-5-3-4-6-11(10)17(23-9(2)21)15-13-7-12(14(15)16)18-19(13)24-18/h3-6,12-13,18-19H,7H2,1-2H3/t12-,13+,18?,19?. The molecule has 5 nitrogen and oxygen atoms in total. The first-order valence-electron chi connectivity index (χ1n) is 8.17. The Balaban J connectivity index is 1.86. The van der Waals surface area contributed by atoms with Crippen molar-refractivity contribution in [2.75, 3.05) is 0 Å². The molecule has 2 fully saturated rings. The third-order valence-corrected chi connectivity index (χ3v) is 5.29. The minimum absolute atomic E-state index is 0.211. The van der Waals surface area contributed by atoms with E-state index in [0.717, 1.165) is 28.3 Å². The third-order valence-electron chi connectivity index (χ3n) is 5.29. The normalized spacial score (nSPS) is 28.4. The Morgan fingerprint density at radius 1 is 0.917 bits per heavy atom. The fourth-order valence-corrected chi connectivity index (χ4v) is 4.55. The molecule has 0 amide bonds. The number of carbonyl (C=O) groups is 2. The van der Waals surface area contributed by atoms with E-state index in [0.29, 0.717) is 11.5 Å². The summed E-state index contributed by atoms with van der Waals surface area (Å²) in [6, 6.07) is 7.59. The van der Waals surface area contributed by atoms with Gasteiger partial charge in [-0.3, -0.25) is 9.59 Å². The molecule has 1 aliphatic heterocycles. The Bertz CT molecular complexity index is 843. The molecule has 2 bridgehead atoms. The lowest BCUT2D eigenvalue weighted by molar-refractivity contribution is -0.133. The number of epoxide rings is 1. The van der Waals surface area contributed by atoms with Gasteiger partial charge in [-0.25, -0.2) is 0 Å². The van der Waals surface area contributed by atoms with Gasteiger partial charge in [-0.2, -0.15) is 0 Å². The lowest BCUT2D eigenvalue weighted by Crippen LogP contribution is -2.15. The van der Waals surface area contributed by atoms with Crippen LogP contribution in [0.2, 0.25) is 0 Å². The second-order valence-corrected chi connectivity index (χ2v) is 6.73. The molecule has 0 aromatic heterocycles. The largest absolute Gasteiger partial charge is 0.426 e. The molecule has 2 aromatic rings. The summed E-state index contributed by atoms with van der Waals surface area (Å²) in [5.74, 6) is 0.930. The highest BCUT2D eigenvalue weighted by molar-refractivity contribution is 5.99. The van der Waals surface area contributed by atoms with Gasteiger partial charge in [0, 0.05) is 47.6 Å². The van der Waals surface area contributed by atoms with Crippen LogP contribution in [0.5, 0.6) is 11.5 Å².